The second-order valence-electron chi connectivity index (χ2n) is 4.37. The van der Waals surface area contributed by atoms with Gasteiger partial charge in [-0.25, -0.2) is 4.98 Å². The Morgan fingerprint density at radius 3 is 2.94 bits per heavy atom. The Bertz CT molecular complexity index is 352. The molecule has 1 heterocycles. The molecule has 0 amide bonds. The van der Waals surface area contributed by atoms with Gasteiger partial charge in [0.25, 0.3) is 0 Å². The number of nitrogens with zero attached hydrogens (tertiary/aromatic N) is 3. The summed E-state index contributed by atoms with van der Waals surface area (Å²) in [5.74, 6) is 2.25. The third-order valence-electron chi connectivity index (χ3n) is 2.65. The van der Waals surface area contributed by atoms with Crippen molar-refractivity contribution in [2.24, 2.45) is 5.92 Å². The summed E-state index contributed by atoms with van der Waals surface area (Å²) >= 11 is 6.21. The lowest BCUT2D eigenvalue weighted by Gasteiger charge is -2.13. The van der Waals surface area contributed by atoms with E-state index in [-0.39, 0.29) is 5.38 Å². The molecule has 1 atom stereocenters. The summed E-state index contributed by atoms with van der Waals surface area (Å²) in [6, 6.07) is 1.86. The summed E-state index contributed by atoms with van der Waals surface area (Å²) in [6.45, 7) is 0.774. The molecule has 5 heteroatoms. The average Bonchev–Trinajstić information content (AvgIpc) is 3.10. The number of hydrogen-bond acceptors (Lipinski definition) is 4. The van der Waals surface area contributed by atoms with Crippen LogP contribution in [0.2, 0.25) is 0 Å². The van der Waals surface area contributed by atoms with Crippen LogP contribution in [-0.2, 0) is 0 Å². The van der Waals surface area contributed by atoms with E-state index in [1.807, 2.05) is 25.1 Å². The van der Waals surface area contributed by atoms with Gasteiger partial charge in [0.2, 0.25) is 5.95 Å². The summed E-state index contributed by atoms with van der Waals surface area (Å²) < 4.78 is 0. The topological polar surface area (TPSA) is 41.1 Å². The summed E-state index contributed by atoms with van der Waals surface area (Å²) in [5, 5.41) is 3.47. The van der Waals surface area contributed by atoms with Crippen LogP contribution in [0.15, 0.2) is 12.3 Å². The van der Waals surface area contributed by atoms with Gasteiger partial charge >= 0.3 is 0 Å². The van der Waals surface area contributed by atoms with Crippen LogP contribution in [0.3, 0.4) is 0 Å². The zero-order chi connectivity index (χ0) is 11.5. The Labute approximate surface area is 101 Å². The van der Waals surface area contributed by atoms with Crippen molar-refractivity contribution in [2.75, 3.05) is 30.9 Å². The van der Waals surface area contributed by atoms with E-state index in [1.165, 1.54) is 12.8 Å². The van der Waals surface area contributed by atoms with Gasteiger partial charge in [-0.05, 0) is 24.8 Å². The van der Waals surface area contributed by atoms with Crippen LogP contribution in [0.5, 0.6) is 0 Å². The van der Waals surface area contributed by atoms with Crippen molar-refractivity contribution in [2.45, 2.75) is 18.2 Å². The van der Waals surface area contributed by atoms with Gasteiger partial charge in [0.05, 0.1) is 5.38 Å². The van der Waals surface area contributed by atoms with Crippen molar-refractivity contribution in [3.05, 3.63) is 12.3 Å². The minimum Gasteiger partial charge on any atom is -0.368 e. The molecule has 0 bridgehead atoms. The zero-order valence-electron chi connectivity index (χ0n) is 9.65. The first kappa shape index (κ1) is 11.5. The number of rotatable bonds is 5. The van der Waals surface area contributed by atoms with Crippen molar-refractivity contribution in [3.8, 4) is 0 Å². The minimum atomic E-state index is 0.220. The molecule has 0 aliphatic heterocycles. The summed E-state index contributed by atoms with van der Waals surface area (Å²) in [6.07, 6.45) is 4.29. The predicted octanol–water partition coefficient (Wildman–Crippen LogP) is 1.97. The van der Waals surface area contributed by atoms with Gasteiger partial charge in [0.15, 0.2) is 0 Å². The Morgan fingerprint density at radius 2 is 2.31 bits per heavy atom. The van der Waals surface area contributed by atoms with Crippen LogP contribution in [-0.4, -0.2) is 36.0 Å². The number of aromatic nitrogens is 2. The standard InChI is InChI=1S/C11H17ClN4/c1-16(2)11-13-6-5-10(15-11)14-7-9(12)8-3-4-8/h5-6,8-9H,3-4,7H2,1-2H3,(H,13,14,15). The van der Waals surface area contributed by atoms with Gasteiger partial charge in [-0.3, -0.25) is 0 Å². The molecule has 1 saturated carbocycles. The number of halogens is 1. The first-order valence-corrected chi connectivity index (χ1v) is 5.99. The van der Waals surface area contributed by atoms with Crippen molar-refractivity contribution in [1.29, 1.82) is 0 Å². The predicted molar refractivity (Wildman–Crippen MR) is 67.2 cm³/mol. The van der Waals surface area contributed by atoms with Gasteiger partial charge in [0.1, 0.15) is 5.82 Å². The van der Waals surface area contributed by atoms with Gasteiger partial charge < -0.3 is 10.2 Å². The molecule has 0 radical (unpaired) electrons. The van der Waals surface area contributed by atoms with E-state index in [4.69, 9.17) is 11.6 Å². The highest BCUT2D eigenvalue weighted by Gasteiger charge is 2.29. The van der Waals surface area contributed by atoms with E-state index in [2.05, 4.69) is 15.3 Å². The molecule has 1 fully saturated rings. The molecule has 1 N–H and O–H groups in total. The fraction of sp³-hybridized carbons (Fsp3) is 0.636. The molecule has 88 valence electrons. The van der Waals surface area contributed by atoms with Crippen LogP contribution < -0.4 is 10.2 Å². The fourth-order valence-corrected chi connectivity index (χ4v) is 1.82. The molecule has 2 rings (SSSR count). The maximum absolute atomic E-state index is 6.21. The third-order valence-corrected chi connectivity index (χ3v) is 3.17. The van der Waals surface area contributed by atoms with Crippen LogP contribution in [0.25, 0.3) is 0 Å². The molecular weight excluding hydrogens is 224 g/mol. The van der Waals surface area contributed by atoms with Crippen LogP contribution in [0.4, 0.5) is 11.8 Å². The molecular formula is C11H17ClN4. The molecule has 0 spiro atoms. The first-order valence-electron chi connectivity index (χ1n) is 5.55. The highest BCUT2D eigenvalue weighted by Crippen LogP contribution is 2.35. The molecule has 4 nitrogen and oxygen atoms in total. The normalized spacial score (nSPS) is 16.9. The Hall–Kier alpha value is -1.03. The second-order valence-corrected chi connectivity index (χ2v) is 4.93. The third kappa shape index (κ3) is 2.98. The number of anilines is 2. The maximum atomic E-state index is 6.21. The van der Waals surface area contributed by atoms with Gasteiger partial charge in [-0.1, -0.05) is 0 Å². The molecule has 1 unspecified atom stereocenters. The lowest BCUT2D eigenvalue weighted by atomic mass is 10.3. The monoisotopic (exact) mass is 240 g/mol. The highest BCUT2D eigenvalue weighted by molar-refractivity contribution is 6.21. The van der Waals surface area contributed by atoms with E-state index in [1.54, 1.807) is 6.20 Å². The van der Waals surface area contributed by atoms with E-state index < -0.39 is 0 Å². The van der Waals surface area contributed by atoms with Gasteiger partial charge in [-0.15, -0.1) is 11.6 Å². The van der Waals surface area contributed by atoms with Gasteiger partial charge in [-0.2, -0.15) is 4.98 Å². The van der Waals surface area contributed by atoms with Crippen molar-refractivity contribution < 1.29 is 0 Å². The summed E-state index contributed by atoms with van der Waals surface area (Å²) in [7, 11) is 3.85. The first-order chi connectivity index (χ1) is 7.66. The van der Waals surface area contributed by atoms with E-state index in [0.717, 1.165) is 12.4 Å². The molecule has 1 aliphatic carbocycles. The zero-order valence-corrected chi connectivity index (χ0v) is 10.4. The van der Waals surface area contributed by atoms with Crippen molar-refractivity contribution >= 4 is 23.4 Å². The molecule has 0 saturated heterocycles. The quantitative estimate of drug-likeness (QED) is 0.799. The Kier molecular flexibility index (Phi) is 3.49. The van der Waals surface area contributed by atoms with Crippen LogP contribution in [0.1, 0.15) is 12.8 Å². The van der Waals surface area contributed by atoms with E-state index in [0.29, 0.717) is 11.9 Å². The number of alkyl halides is 1. The molecule has 1 aromatic heterocycles. The number of nitrogens with one attached hydrogen (secondary N) is 1. The Morgan fingerprint density at radius 1 is 1.56 bits per heavy atom. The minimum absolute atomic E-state index is 0.220. The number of hydrogen-bond donors (Lipinski definition) is 1. The maximum Gasteiger partial charge on any atom is 0.226 e. The SMILES string of the molecule is CN(C)c1nccc(NCC(Cl)C2CC2)n1. The summed E-state index contributed by atoms with van der Waals surface area (Å²) in [5.41, 5.74) is 0. The molecule has 0 aromatic carbocycles. The summed E-state index contributed by atoms with van der Waals surface area (Å²) in [4.78, 5) is 10.4. The van der Waals surface area contributed by atoms with Crippen molar-refractivity contribution in [3.63, 3.8) is 0 Å². The second kappa shape index (κ2) is 4.87. The lowest BCUT2D eigenvalue weighted by Crippen LogP contribution is -2.18. The largest absolute Gasteiger partial charge is 0.368 e. The van der Waals surface area contributed by atoms with E-state index >= 15 is 0 Å². The van der Waals surface area contributed by atoms with E-state index in [9.17, 15) is 0 Å². The molecule has 1 aliphatic rings. The van der Waals surface area contributed by atoms with Crippen LogP contribution >= 0.6 is 11.6 Å². The lowest BCUT2D eigenvalue weighted by molar-refractivity contribution is 0.768. The van der Waals surface area contributed by atoms with Gasteiger partial charge in [0, 0.05) is 26.8 Å². The van der Waals surface area contributed by atoms with Crippen molar-refractivity contribution in [1.82, 2.24) is 9.97 Å². The van der Waals surface area contributed by atoms with Crippen LogP contribution in [0, 0.1) is 5.92 Å². The molecule has 16 heavy (non-hydrogen) atoms. The smallest absolute Gasteiger partial charge is 0.226 e. The molecule has 1 aromatic rings. The highest BCUT2D eigenvalue weighted by atomic mass is 35.5. The fourth-order valence-electron chi connectivity index (χ4n) is 1.49. The average molecular weight is 241 g/mol. The Balaban J connectivity index is 1.90.